The van der Waals surface area contributed by atoms with Crippen molar-refractivity contribution in [3.05, 3.63) is 48.6 Å². The summed E-state index contributed by atoms with van der Waals surface area (Å²) >= 11 is 0. The fraction of sp³-hybridized carbons (Fsp3) is 0.385. The zero-order chi connectivity index (χ0) is 11.3. The Balaban J connectivity index is 2.79. The molecule has 0 aromatic heterocycles. The van der Waals surface area contributed by atoms with E-state index in [2.05, 4.69) is 50.5 Å². The first-order chi connectivity index (χ1) is 7.03. The Labute approximate surface area is 93.9 Å². The van der Waals surface area contributed by atoms with Crippen LogP contribution in [0.1, 0.15) is 18.1 Å². The van der Waals surface area contributed by atoms with Crippen molar-refractivity contribution in [1.29, 1.82) is 0 Å². The van der Waals surface area contributed by atoms with Crippen molar-refractivity contribution in [2.45, 2.75) is 32.2 Å². The molecule has 0 aliphatic carbocycles. The molecule has 0 radical (unpaired) electrons. The Morgan fingerprint density at radius 1 is 1.27 bits per heavy atom. The van der Waals surface area contributed by atoms with Gasteiger partial charge in [-0.25, -0.2) is 0 Å². The van der Waals surface area contributed by atoms with Crippen LogP contribution >= 0.6 is 0 Å². The minimum atomic E-state index is -1.49. The van der Waals surface area contributed by atoms with Gasteiger partial charge < -0.3 is 4.43 Å². The van der Waals surface area contributed by atoms with Gasteiger partial charge in [-0.05, 0) is 31.6 Å². The van der Waals surface area contributed by atoms with Crippen LogP contribution in [0.3, 0.4) is 0 Å². The molecule has 15 heavy (non-hydrogen) atoms. The van der Waals surface area contributed by atoms with Gasteiger partial charge in [-0.15, -0.1) is 6.58 Å². The lowest BCUT2D eigenvalue weighted by molar-refractivity contribution is 0.201. The smallest absolute Gasteiger partial charge is 0.184 e. The van der Waals surface area contributed by atoms with Crippen LogP contribution < -0.4 is 0 Å². The van der Waals surface area contributed by atoms with Crippen LogP contribution in [-0.2, 0) is 4.43 Å². The van der Waals surface area contributed by atoms with Crippen molar-refractivity contribution in [2.24, 2.45) is 0 Å². The largest absolute Gasteiger partial charge is 0.410 e. The molecule has 1 rings (SSSR count). The number of hydrogen-bond acceptors (Lipinski definition) is 1. The third-order valence-corrected chi connectivity index (χ3v) is 3.04. The van der Waals surface area contributed by atoms with E-state index in [-0.39, 0.29) is 6.10 Å². The van der Waals surface area contributed by atoms with E-state index in [1.165, 1.54) is 5.56 Å². The quantitative estimate of drug-likeness (QED) is 0.535. The van der Waals surface area contributed by atoms with Crippen LogP contribution in [0.15, 0.2) is 43.0 Å². The molecule has 1 atom stereocenters. The Morgan fingerprint density at radius 2 is 1.87 bits per heavy atom. The average molecular weight is 220 g/mol. The van der Waals surface area contributed by atoms with E-state index < -0.39 is 8.32 Å². The van der Waals surface area contributed by atoms with E-state index in [9.17, 15) is 0 Å². The lowest BCUT2D eigenvalue weighted by Gasteiger charge is -2.26. The van der Waals surface area contributed by atoms with Crippen LogP contribution in [-0.4, -0.2) is 8.32 Å². The van der Waals surface area contributed by atoms with Gasteiger partial charge in [0, 0.05) is 0 Å². The molecule has 0 unspecified atom stereocenters. The first-order valence-corrected chi connectivity index (χ1v) is 8.77. The summed E-state index contributed by atoms with van der Waals surface area (Å²) in [6.45, 7) is 10.4. The third-order valence-electron chi connectivity index (χ3n) is 2.05. The molecule has 0 saturated carbocycles. The van der Waals surface area contributed by atoms with Gasteiger partial charge in [-0.2, -0.15) is 0 Å². The number of benzene rings is 1. The SMILES string of the molecule is C=CC[C@H](O[Si](C)(C)C)c1ccccc1. The summed E-state index contributed by atoms with van der Waals surface area (Å²) in [6.07, 6.45) is 2.99. The average Bonchev–Trinajstić information content (AvgIpc) is 2.17. The van der Waals surface area contributed by atoms with Crippen molar-refractivity contribution >= 4 is 8.32 Å². The second-order valence-corrected chi connectivity index (χ2v) is 9.11. The summed E-state index contributed by atoms with van der Waals surface area (Å²) in [6, 6.07) is 10.4. The lowest BCUT2D eigenvalue weighted by Crippen LogP contribution is -2.27. The highest BCUT2D eigenvalue weighted by Crippen LogP contribution is 2.25. The molecule has 1 nitrogen and oxygen atoms in total. The maximum atomic E-state index is 6.13. The van der Waals surface area contributed by atoms with E-state index in [0.717, 1.165) is 6.42 Å². The summed E-state index contributed by atoms with van der Waals surface area (Å²) in [7, 11) is -1.49. The van der Waals surface area contributed by atoms with Gasteiger partial charge in [0.25, 0.3) is 0 Å². The maximum Gasteiger partial charge on any atom is 0.184 e. The van der Waals surface area contributed by atoms with Crippen LogP contribution in [0.4, 0.5) is 0 Å². The predicted molar refractivity (Wildman–Crippen MR) is 68.4 cm³/mol. The molecular weight excluding hydrogens is 200 g/mol. The molecule has 0 fully saturated rings. The zero-order valence-electron chi connectivity index (χ0n) is 9.86. The minimum absolute atomic E-state index is 0.176. The topological polar surface area (TPSA) is 9.23 Å². The van der Waals surface area contributed by atoms with Crippen molar-refractivity contribution in [1.82, 2.24) is 0 Å². The Morgan fingerprint density at radius 3 is 2.33 bits per heavy atom. The summed E-state index contributed by atoms with van der Waals surface area (Å²) < 4.78 is 6.13. The lowest BCUT2D eigenvalue weighted by atomic mass is 10.1. The molecular formula is C13H20OSi. The van der Waals surface area contributed by atoms with Crippen LogP contribution in [0.5, 0.6) is 0 Å². The summed E-state index contributed by atoms with van der Waals surface area (Å²) in [5.74, 6) is 0. The molecule has 0 aliphatic heterocycles. The minimum Gasteiger partial charge on any atom is -0.410 e. The van der Waals surface area contributed by atoms with E-state index in [1.54, 1.807) is 0 Å². The normalized spacial score (nSPS) is 13.5. The van der Waals surface area contributed by atoms with Crippen molar-refractivity contribution in [3.8, 4) is 0 Å². The van der Waals surface area contributed by atoms with Gasteiger partial charge in [0.05, 0.1) is 6.10 Å². The molecule has 0 saturated heterocycles. The van der Waals surface area contributed by atoms with Gasteiger partial charge in [-0.3, -0.25) is 0 Å². The Kier molecular flexibility index (Phi) is 4.30. The predicted octanol–water partition coefficient (Wildman–Crippen LogP) is 4.16. The van der Waals surface area contributed by atoms with Gasteiger partial charge in [0.2, 0.25) is 0 Å². The van der Waals surface area contributed by atoms with Crippen molar-refractivity contribution in [3.63, 3.8) is 0 Å². The third kappa shape index (κ3) is 4.45. The molecule has 0 bridgehead atoms. The number of rotatable bonds is 5. The maximum absolute atomic E-state index is 6.13. The van der Waals surface area contributed by atoms with Gasteiger partial charge in [-0.1, -0.05) is 36.4 Å². The fourth-order valence-corrected chi connectivity index (χ4v) is 2.58. The van der Waals surface area contributed by atoms with Crippen molar-refractivity contribution in [2.75, 3.05) is 0 Å². The van der Waals surface area contributed by atoms with Crippen LogP contribution in [0.2, 0.25) is 19.6 Å². The molecule has 0 aliphatic rings. The summed E-state index contributed by atoms with van der Waals surface area (Å²) in [4.78, 5) is 0. The standard InChI is InChI=1S/C13H20OSi/c1-5-9-13(14-15(2,3)4)12-10-7-6-8-11-12/h5-8,10-11,13H,1,9H2,2-4H3/t13-/m0/s1. The first kappa shape index (κ1) is 12.2. The van der Waals surface area contributed by atoms with Gasteiger partial charge in [0.1, 0.15) is 0 Å². The first-order valence-electron chi connectivity index (χ1n) is 5.36. The molecule has 0 N–H and O–H groups in total. The molecule has 0 heterocycles. The van der Waals surface area contributed by atoms with Crippen LogP contribution in [0.25, 0.3) is 0 Å². The zero-order valence-corrected chi connectivity index (χ0v) is 10.9. The Hall–Kier alpha value is -0.863. The molecule has 0 spiro atoms. The van der Waals surface area contributed by atoms with E-state index >= 15 is 0 Å². The fourth-order valence-electron chi connectivity index (χ4n) is 1.50. The van der Waals surface area contributed by atoms with Gasteiger partial charge >= 0.3 is 0 Å². The van der Waals surface area contributed by atoms with E-state index in [1.807, 2.05) is 12.1 Å². The second-order valence-electron chi connectivity index (χ2n) is 4.65. The molecule has 1 aromatic carbocycles. The molecule has 1 aromatic rings. The highest BCUT2D eigenvalue weighted by Gasteiger charge is 2.21. The second kappa shape index (κ2) is 5.28. The highest BCUT2D eigenvalue weighted by molar-refractivity contribution is 6.69. The van der Waals surface area contributed by atoms with Gasteiger partial charge in [0.15, 0.2) is 8.32 Å². The van der Waals surface area contributed by atoms with Crippen LogP contribution in [0, 0.1) is 0 Å². The summed E-state index contributed by atoms with van der Waals surface area (Å²) in [5, 5.41) is 0. The highest BCUT2D eigenvalue weighted by atomic mass is 28.4. The summed E-state index contributed by atoms with van der Waals surface area (Å²) in [5.41, 5.74) is 1.25. The van der Waals surface area contributed by atoms with E-state index in [0.29, 0.717) is 0 Å². The molecule has 82 valence electrons. The number of hydrogen-bond donors (Lipinski definition) is 0. The van der Waals surface area contributed by atoms with E-state index in [4.69, 9.17) is 4.43 Å². The molecule has 2 heteroatoms. The molecule has 0 amide bonds. The van der Waals surface area contributed by atoms with Crippen molar-refractivity contribution < 1.29 is 4.43 Å². The Bertz CT molecular complexity index is 300. The monoisotopic (exact) mass is 220 g/mol.